The highest BCUT2D eigenvalue weighted by molar-refractivity contribution is 5.96. The van der Waals surface area contributed by atoms with Crippen LogP contribution in [0.15, 0.2) is 52.9 Å². The van der Waals surface area contributed by atoms with Crippen molar-refractivity contribution in [3.8, 4) is 5.75 Å². The van der Waals surface area contributed by atoms with E-state index in [1.807, 2.05) is 62.4 Å². The molecule has 4 rings (SSSR count). The van der Waals surface area contributed by atoms with Gasteiger partial charge in [0.1, 0.15) is 5.75 Å². The minimum absolute atomic E-state index is 0.0162. The van der Waals surface area contributed by atoms with Crippen LogP contribution in [0.2, 0.25) is 0 Å². The molecule has 0 aliphatic carbocycles. The first-order valence-electron chi connectivity index (χ1n) is 10.2. The highest BCUT2D eigenvalue weighted by Gasteiger charge is 2.35. The number of hydrogen-bond donors (Lipinski definition) is 1. The Morgan fingerprint density at radius 3 is 2.71 bits per heavy atom. The molecule has 1 atom stereocenters. The molecule has 3 aromatic rings. The van der Waals surface area contributed by atoms with E-state index < -0.39 is 0 Å². The predicted molar refractivity (Wildman–Crippen MR) is 115 cm³/mol. The van der Waals surface area contributed by atoms with Crippen LogP contribution in [0.4, 0.5) is 11.7 Å². The van der Waals surface area contributed by atoms with Gasteiger partial charge in [-0.2, -0.15) is 0 Å². The molecule has 1 N–H and O–H groups in total. The summed E-state index contributed by atoms with van der Waals surface area (Å²) in [5, 5.41) is 10.6. The monoisotopic (exact) mass is 420 g/mol. The molecule has 8 nitrogen and oxygen atoms in total. The molecule has 2 amide bonds. The van der Waals surface area contributed by atoms with Gasteiger partial charge in [0, 0.05) is 18.7 Å². The summed E-state index contributed by atoms with van der Waals surface area (Å²) in [7, 11) is 0. The SMILES string of the molecule is CCOc1ccc(N2C[C@H](c3nnc(NC(=O)Cc4ccccc4C)o3)CC2=O)cc1. The number of nitrogens with one attached hydrogen (secondary N) is 1. The van der Waals surface area contributed by atoms with Gasteiger partial charge in [-0.1, -0.05) is 29.4 Å². The molecule has 0 unspecified atom stereocenters. The Morgan fingerprint density at radius 2 is 1.97 bits per heavy atom. The zero-order valence-corrected chi connectivity index (χ0v) is 17.5. The van der Waals surface area contributed by atoms with Crippen molar-refractivity contribution in [3.63, 3.8) is 0 Å². The van der Waals surface area contributed by atoms with Gasteiger partial charge < -0.3 is 14.1 Å². The van der Waals surface area contributed by atoms with Crippen LogP contribution < -0.4 is 15.0 Å². The van der Waals surface area contributed by atoms with E-state index in [2.05, 4.69) is 15.5 Å². The number of carbonyl (C=O) groups excluding carboxylic acids is 2. The van der Waals surface area contributed by atoms with E-state index in [0.29, 0.717) is 19.0 Å². The van der Waals surface area contributed by atoms with Crippen molar-refractivity contribution in [2.24, 2.45) is 0 Å². The van der Waals surface area contributed by atoms with Crippen molar-refractivity contribution >= 4 is 23.5 Å². The maximum absolute atomic E-state index is 12.5. The van der Waals surface area contributed by atoms with E-state index in [1.54, 1.807) is 4.90 Å². The minimum atomic E-state index is -0.233. The molecule has 0 saturated carbocycles. The summed E-state index contributed by atoms with van der Waals surface area (Å²) < 4.78 is 11.1. The molecule has 1 fully saturated rings. The molecule has 0 radical (unpaired) electrons. The summed E-state index contributed by atoms with van der Waals surface area (Å²) in [6.45, 7) is 4.91. The van der Waals surface area contributed by atoms with Crippen molar-refractivity contribution in [2.75, 3.05) is 23.4 Å². The van der Waals surface area contributed by atoms with E-state index in [9.17, 15) is 9.59 Å². The maximum atomic E-state index is 12.5. The van der Waals surface area contributed by atoms with Crippen LogP contribution in [-0.4, -0.2) is 35.2 Å². The molecule has 1 saturated heterocycles. The molecule has 1 aromatic heterocycles. The lowest BCUT2D eigenvalue weighted by Gasteiger charge is -2.16. The number of carbonyl (C=O) groups is 2. The lowest BCUT2D eigenvalue weighted by molar-refractivity contribution is -0.117. The second-order valence-electron chi connectivity index (χ2n) is 7.43. The highest BCUT2D eigenvalue weighted by atomic mass is 16.5. The molecular weight excluding hydrogens is 396 g/mol. The van der Waals surface area contributed by atoms with Crippen molar-refractivity contribution in [1.29, 1.82) is 0 Å². The second-order valence-corrected chi connectivity index (χ2v) is 7.43. The summed E-state index contributed by atoms with van der Waals surface area (Å²) in [5.74, 6) is 0.625. The van der Waals surface area contributed by atoms with Crippen molar-refractivity contribution in [3.05, 3.63) is 65.5 Å². The van der Waals surface area contributed by atoms with E-state index in [-0.39, 0.29) is 36.6 Å². The number of anilines is 2. The number of aromatic nitrogens is 2. The van der Waals surface area contributed by atoms with E-state index in [0.717, 1.165) is 22.6 Å². The quantitative estimate of drug-likeness (QED) is 0.628. The van der Waals surface area contributed by atoms with Gasteiger partial charge in [-0.15, -0.1) is 5.10 Å². The first kappa shape index (κ1) is 20.6. The summed E-state index contributed by atoms with van der Waals surface area (Å²) in [6, 6.07) is 15.1. The lowest BCUT2D eigenvalue weighted by atomic mass is 10.1. The molecule has 160 valence electrons. The number of rotatable bonds is 7. The zero-order valence-electron chi connectivity index (χ0n) is 17.5. The van der Waals surface area contributed by atoms with Crippen LogP contribution in [0.5, 0.6) is 5.75 Å². The van der Waals surface area contributed by atoms with Crippen LogP contribution in [0.1, 0.15) is 36.3 Å². The van der Waals surface area contributed by atoms with Crippen molar-refractivity contribution in [1.82, 2.24) is 10.2 Å². The first-order valence-corrected chi connectivity index (χ1v) is 10.2. The Kier molecular flexibility index (Phi) is 5.97. The van der Waals surface area contributed by atoms with E-state index in [1.165, 1.54) is 0 Å². The Balaban J connectivity index is 1.38. The Morgan fingerprint density at radius 1 is 1.19 bits per heavy atom. The van der Waals surface area contributed by atoms with Crippen LogP contribution in [0.25, 0.3) is 0 Å². The number of hydrogen-bond acceptors (Lipinski definition) is 6. The molecule has 1 aliphatic rings. The number of aryl methyl sites for hydroxylation is 1. The largest absolute Gasteiger partial charge is 0.494 e. The topological polar surface area (TPSA) is 97.6 Å². The van der Waals surface area contributed by atoms with Gasteiger partial charge in [-0.25, -0.2) is 0 Å². The second kappa shape index (κ2) is 8.99. The third-order valence-corrected chi connectivity index (χ3v) is 5.23. The molecule has 2 aromatic carbocycles. The molecule has 0 spiro atoms. The average Bonchev–Trinajstić information content (AvgIpc) is 3.37. The van der Waals surface area contributed by atoms with Crippen LogP contribution >= 0.6 is 0 Å². The van der Waals surface area contributed by atoms with E-state index >= 15 is 0 Å². The Labute approximate surface area is 180 Å². The zero-order chi connectivity index (χ0) is 21.8. The van der Waals surface area contributed by atoms with Gasteiger partial charge in [0.25, 0.3) is 0 Å². The normalized spacial score (nSPS) is 15.9. The molecular formula is C23H24N4O4. The van der Waals surface area contributed by atoms with Gasteiger partial charge in [-0.3, -0.25) is 14.9 Å². The molecule has 2 heterocycles. The summed E-state index contributed by atoms with van der Waals surface area (Å²) in [5.41, 5.74) is 2.78. The van der Waals surface area contributed by atoms with Crippen LogP contribution in [0, 0.1) is 6.92 Å². The number of amides is 2. The molecule has 1 aliphatic heterocycles. The smallest absolute Gasteiger partial charge is 0.322 e. The molecule has 0 bridgehead atoms. The first-order chi connectivity index (χ1) is 15.0. The van der Waals surface area contributed by atoms with Gasteiger partial charge >= 0.3 is 6.01 Å². The Bertz CT molecular complexity index is 1080. The van der Waals surface area contributed by atoms with Crippen molar-refractivity contribution in [2.45, 2.75) is 32.6 Å². The van der Waals surface area contributed by atoms with Gasteiger partial charge in [0.15, 0.2) is 0 Å². The molecule has 31 heavy (non-hydrogen) atoms. The van der Waals surface area contributed by atoms with Crippen LogP contribution in [-0.2, 0) is 16.0 Å². The summed E-state index contributed by atoms with van der Waals surface area (Å²) in [6.07, 6.45) is 0.490. The van der Waals surface area contributed by atoms with Gasteiger partial charge in [0.05, 0.1) is 18.9 Å². The van der Waals surface area contributed by atoms with Crippen molar-refractivity contribution < 1.29 is 18.7 Å². The predicted octanol–water partition coefficient (Wildman–Crippen LogP) is 3.48. The average molecular weight is 420 g/mol. The summed E-state index contributed by atoms with van der Waals surface area (Å²) >= 11 is 0. The van der Waals surface area contributed by atoms with Crippen LogP contribution in [0.3, 0.4) is 0 Å². The highest BCUT2D eigenvalue weighted by Crippen LogP contribution is 2.32. The maximum Gasteiger partial charge on any atom is 0.322 e. The fourth-order valence-electron chi connectivity index (χ4n) is 3.61. The third-order valence-electron chi connectivity index (χ3n) is 5.23. The van der Waals surface area contributed by atoms with Gasteiger partial charge in [-0.05, 0) is 49.2 Å². The fourth-order valence-corrected chi connectivity index (χ4v) is 3.61. The fraction of sp³-hybridized carbons (Fsp3) is 0.304. The number of nitrogens with zero attached hydrogens (tertiary/aromatic N) is 3. The number of ether oxygens (including phenoxy) is 1. The van der Waals surface area contributed by atoms with E-state index in [4.69, 9.17) is 9.15 Å². The third kappa shape index (κ3) is 4.74. The molecule has 8 heteroatoms. The standard InChI is InChI=1S/C23H24N4O4/c1-3-30-19-10-8-18(9-11-19)27-14-17(13-21(27)29)22-25-26-23(31-22)24-20(28)12-16-7-5-4-6-15(16)2/h4-11,17H,3,12-14H2,1-2H3,(H,24,26,28)/t17-/m1/s1. The Hall–Kier alpha value is -3.68. The minimum Gasteiger partial charge on any atom is -0.494 e. The number of benzene rings is 2. The van der Waals surface area contributed by atoms with Gasteiger partial charge in [0.2, 0.25) is 17.7 Å². The summed E-state index contributed by atoms with van der Waals surface area (Å²) in [4.78, 5) is 26.5. The lowest BCUT2D eigenvalue weighted by Crippen LogP contribution is -2.24.